The number of imide groups is 1. The first-order valence-corrected chi connectivity index (χ1v) is 9.86. The van der Waals surface area contributed by atoms with Crippen LogP contribution >= 0.6 is 0 Å². The van der Waals surface area contributed by atoms with E-state index in [0.29, 0.717) is 35.5 Å². The van der Waals surface area contributed by atoms with Crippen molar-refractivity contribution in [1.82, 2.24) is 4.90 Å². The van der Waals surface area contributed by atoms with Crippen molar-refractivity contribution >= 4 is 28.8 Å². The van der Waals surface area contributed by atoms with Crippen molar-refractivity contribution in [1.29, 1.82) is 0 Å². The van der Waals surface area contributed by atoms with E-state index in [1.807, 2.05) is 0 Å². The Morgan fingerprint density at radius 1 is 1.00 bits per heavy atom. The van der Waals surface area contributed by atoms with Crippen LogP contribution in [0.15, 0.2) is 48.2 Å². The molecule has 0 radical (unpaired) electrons. The number of carbonyl (C=O) groups excluding carboxylic acids is 2. The summed E-state index contributed by atoms with van der Waals surface area (Å²) in [6.07, 6.45) is 1.65. The topological polar surface area (TPSA) is 83.8 Å². The molecular formula is C22H19F2N3O4. The molecule has 0 bridgehead atoms. The summed E-state index contributed by atoms with van der Waals surface area (Å²) in [6, 6.07) is 7.93. The standard InChI is InChI=1S/C22H19F2N3O4/c1-13-8-10-25(11-9-13)20-19(14-2-5-16(6-3-14)27(30)31)21(28)26(22(20)29)18-7-4-15(23)12-17(18)24/h2-7,12-13H,8-11H2,1H3. The molecule has 0 atom stereocenters. The predicted molar refractivity (Wildman–Crippen MR) is 109 cm³/mol. The van der Waals surface area contributed by atoms with Crippen LogP contribution in [0.5, 0.6) is 0 Å². The van der Waals surface area contributed by atoms with Crippen LogP contribution in [0, 0.1) is 27.7 Å². The molecule has 9 heteroatoms. The Labute approximate surface area is 176 Å². The largest absolute Gasteiger partial charge is 0.366 e. The van der Waals surface area contributed by atoms with Crippen LogP contribution in [-0.2, 0) is 9.59 Å². The lowest BCUT2D eigenvalue weighted by Crippen LogP contribution is -2.38. The number of nitro benzene ring substituents is 1. The van der Waals surface area contributed by atoms with Crippen LogP contribution < -0.4 is 4.90 Å². The van der Waals surface area contributed by atoms with E-state index >= 15 is 0 Å². The lowest BCUT2D eigenvalue weighted by Gasteiger charge is -2.32. The molecule has 1 fully saturated rings. The Morgan fingerprint density at radius 3 is 2.23 bits per heavy atom. The zero-order chi connectivity index (χ0) is 22.3. The van der Waals surface area contributed by atoms with Crippen molar-refractivity contribution in [2.24, 2.45) is 5.92 Å². The van der Waals surface area contributed by atoms with E-state index < -0.39 is 28.4 Å². The molecule has 2 amide bonds. The Balaban J connectivity index is 1.82. The van der Waals surface area contributed by atoms with Crippen LogP contribution in [-0.4, -0.2) is 34.7 Å². The van der Waals surface area contributed by atoms with Gasteiger partial charge in [0.2, 0.25) is 0 Å². The maximum absolute atomic E-state index is 14.4. The van der Waals surface area contributed by atoms with Crippen molar-refractivity contribution in [2.75, 3.05) is 18.0 Å². The second-order valence-corrected chi connectivity index (χ2v) is 7.74. The molecule has 1 saturated heterocycles. The number of hydrogen-bond donors (Lipinski definition) is 0. The van der Waals surface area contributed by atoms with Gasteiger partial charge >= 0.3 is 0 Å². The van der Waals surface area contributed by atoms with Crippen LogP contribution in [0.3, 0.4) is 0 Å². The number of nitrogens with zero attached hydrogens (tertiary/aromatic N) is 3. The molecule has 0 spiro atoms. The van der Waals surface area contributed by atoms with Crippen LogP contribution in [0.25, 0.3) is 5.57 Å². The SMILES string of the molecule is CC1CCN(C2=C(c3ccc([N+](=O)[O-])cc3)C(=O)N(c3ccc(F)cc3F)C2=O)CC1. The molecule has 0 unspecified atom stereocenters. The number of carbonyl (C=O) groups is 2. The molecule has 0 saturated carbocycles. The first kappa shape index (κ1) is 20.6. The van der Waals surface area contributed by atoms with E-state index in [1.165, 1.54) is 24.3 Å². The first-order chi connectivity index (χ1) is 14.8. The van der Waals surface area contributed by atoms with E-state index in [4.69, 9.17) is 0 Å². The molecule has 7 nitrogen and oxygen atoms in total. The second kappa shape index (κ2) is 7.90. The summed E-state index contributed by atoms with van der Waals surface area (Å²) in [6.45, 7) is 3.20. The fourth-order valence-electron chi connectivity index (χ4n) is 3.94. The molecule has 160 valence electrons. The number of nitro groups is 1. The molecule has 0 aromatic heterocycles. The number of anilines is 1. The van der Waals surface area contributed by atoms with Gasteiger partial charge in [0.15, 0.2) is 0 Å². The summed E-state index contributed by atoms with van der Waals surface area (Å²) in [5.41, 5.74) is 0.0161. The number of likely N-dealkylation sites (tertiary alicyclic amines) is 1. The van der Waals surface area contributed by atoms with Gasteiger partial charge in [-0.1, -0.05) is 6.92 Å². The minimum atomic E-state index is -1.03. The van der Waals surface area contributed by atoms with Gasteiger partial charge < -0.3 is 4.90 Å². The third kappa shape index (κ3) is 3.67. The maximum Gasteiger partial charge on any atom is 0.282 e. The fourth-order valence-corrected chi connectivity index (χ4v) is 3.94. The molecule has 0 aliphatic carbocycles. The van der Waals surface area contributed by atoms with Crippen molar-refractivity contribution in [3.8, 4) is 0 Å². The lowest BCUT2D eigenvalue weighted by atomic mass is 9.97. The fraction of sp³-hybridized carbons (Fsp3) is 0.273. The number of rotatable bonds is 4. The summed E-state index contributed by atoms with van der Waals surface area (Å²) in [5, 5.41) is 11.0. The highest BCUT2D eigenvalue weighted by atomic mass is 19.1. The molecule has 2 aromatic rings. The van der Waals surface area contributed by atoms with Gasteiger partial charge in [-0.3, -0.25) is 19.7 Å². The number of halogens is 2. The number of amides is 2. The Hall–Kier alpha value is -3.62. The molecule has 2 aliphatic rings. The minimum absolute atomic E-state index is 0.0539. The third-order valence-corrected chi connectivity index (χ3v) is 5.68. The van der Waals surface area contributed by atoms with Gasteiger partial charge in [-0.2, -0.15) is 0 Å². The highest BCUT2D eigenvalue weighted by Gasteiger charge is 2.44. The summed E-state index contributed by atoms with van der Waals surface area (Å²) in [7, 11) is 0. The lowest BCUT2D eigenvalue weighted by molar-refractivity contribution is -0.384. The monoisotopic (exact) mass is 427 g/mol. The van der Waals surface area contributed by atoms with Gasteiger partial charge in [-0.15, -0.1) is 0 Å². The van der Waals surface area contributed by atoms with Gasteiger partial charge in [0.05, 0.1) is 16.2 Å². The molecule has 4 rings (SSSR count). The van der Waals surface area contributed by atoms with E-state index in [1.54, 1.807) is 4.90 Å². The minimum Gasteiger partial charge on any atom is -0.366 e. The molecule has 2 aromatic carbocycles. The zero-order valence-electron chi connectivity index (χ0n) is 16.7. The first-order valence-electron chi connectivity index (χ1n) is 9.86. The summed E-state index contributed by atoms with van der Waals surface area (Å²) < 4.78 is 27.8. The number of non-ortho nitro benzene ring substituents is 1. The molecule has 31 heavy (non-hydrogen) atoms. The highest BCUT2D eigenvalue weighted by Crippen LogP contribution is 2.37. The summed E-state index contributed by atoms with van der Waals surface area (Å²) in [4.78, 5) is 39.6. The van der Waals surface area contributed by atoms with Crippen LogP contribution in [0.4, 0.5) is 20.2 Å². The van der Waals surface area contributed by atoms with Gasteiger partial charge in [0.25, 0.3) is 17.5 Å². The van der Waals surface area contributed by atoms with Crippen molar-refractivity contribution in [3.63, 3.8) is 0 Å². The number of hydrogen-bond acceptors (Lipinski definition) is 5. The van der Waals surface area contributed by atoms with Crippen molar-refractivity contribution in [3.05, 3.63) is 75.5 Å². The number of benzene rings is 2. The predicted octanol–water partition coefficient (Wildman–Crippen LogP) is 3.89. The summed E-state index contributed by atoms with van der Waals surface area (Å²) in [5.74, 6) is -2.83. The van der Waals surface area contributed by atoms with Crippen molar-refractivity contribution < 1.29 is 23.3 Å². The Bertz CT molecular complexity index is 1110. The highest BCUT2D eigenvalue weighted by molar-refractivity contribution is 6.45. The van der Waals surface area contributed by atoms with Gasteiger partial charge in [0.1, 0.15) is 17.3 Å². The van der Waals surface area contributed by atoms with E-state index in [-0.39, 0.29) is 22.6 Å². The smallest absolute Gasteiger partial charge is 0.282 e. The van der Waals surface area contributed by atoms with Crippen LogP contribution in [0.1, 0.15) is 25.3 Å². The van der Waals surface area contributed by atoms with Gasteiger partial charge in [0, 0.05) is 31.3 Å². The molecule has 2 aliphatic heterocycles. The third-order valence-electron chi connectivity index (χ3n) is 5.68. The van der Waals surface area contributed by atoms with E-state index in [0.717, 1.165) is 25.0 Å². The van der Waals surface area contributed by atoms with E-state index in [9.17, 15) is 28.5 Å². The Morgan fingerprint density at radius 2 is 1.65 bits per heavy atom. The van der Waals surface area contributed by atoms with E-state index in [2.05, 4.69) is 6.92 Å². The molecule has 0 N–H and O–H groups in total. The van der Waals surface area contributed by atoms with Gasteiger partial charge in [-0.25, -0.2) is 13.7 Å². The number of piperidine rings is 1. The van der Waals surface area contributed by atoms with Gasteiger partial charge in [-0.05, 0) is 48.6 Å². The molecular weight excluding hydrogens is 408 g/mol. The van der Waals surface area contributed by atoms with Crippen molar-refractivity contribution in [2.45, 2.75) is 19.8 Å². The maximum atomic E-state index is 14.4. The average molecular weight is 427 g/mol. The second-order valence-electron chi connectivity index (χ2n) is 7.74. The normalized spacial score (nSPS) is 17.6. The summed E-state index contributed by atoms with van der Waals surface area (Å²) >= 11 is 0. The van der Waals surface area contributed by atoms with Crippen LogP contribution in [0.2, 0.25) is 0 Å². The average Bonchev–Trinajstić information content (AvgIpc) is 2.99. The Kier molecular flexibility index (Phi) is 5.26. The molecule has 2 heterocycles. The zero-order valence-corrected chi connectivity index (χ0v) is 16.7. The quantitative estimate of drug-likeness (QED) is 0.420.